The summed E-state index contributed by atoms with van der Waals surface area (Å²) in [4.78, 5) is 14.1. The SMILES string of the molecule is CC(C)(C)OC(=O)N1CC2CCCC1C2CBr. The molecular weight excluding hydrogens is 282 g/mol. The molecule has 1 heterocycles. The standard InChI is InChI=1S/C13H22BrNO2/c1-13(2,3)17-12(16)15-8-9-5-4-6-11(15)10(9)7-14/h9-11H,4-8H2,1-3H3. The van der Waals surface area contributed by atoms with Gasteiger partial charge in [-0.1, -0.05) is 22.4 Å². The van der Waals surface area contributed by atoms with E-state index in [1.807, 2.05) is 25.7 Å². The lowest BCUT2D eigenvalue weighted by Crippen LogP contribution is -2.41. The molecule has 0 spiro atoms. The first kappa shape index (κ1) is 13.2. The Morgan fingerprint density at radius 3 is 2.65 bits per heavy atom. The van der Waals surface area contributed by atoms with Crippen molar-refractivity contribution in [1.82, 2.24) is 4.90 Å². The molecule has 1 aliphatic carbocycles. The van der Waals surface area contributed by atoms with Crippen molar-refractivity contribution in [2.45, 2.75) is 51.7 Å². The highest BCUT2D eigenvalue weighted by Gasteiger charge is 2.46. The monoisotopic (exact) mass is 303 g/mol. The second-order valence-electron chi connectivity index (χ2n) is 6.21. The summed E-state index contributed by atoms with van der Waals surface area (Å²) < 4.78 is 5.49. The average Bonchev–Trinajstić information content (AvgIpc) is 2.41. The maximum Gasteiger partial charge on any atom is 0.410 e. The highest BCUT2D eigenvalue weighted by Crippen LogP contribution is 2.41. The van der Waals surface area contributed by atoms with Crippen LogP contribution in [0.5, 0.6) is 0 Å². The van der Waals surface area contributed by atoms with E-state index in [4.69, 9.17) is 4.74 Å². The number of halogens is 1. The Kier molecular flexibility index (Phi) is 3.71. The molecule has 2 rings (SSSR count). The van der Waals surface area contributed by atoms with Gasteiger partial charge in [0.05, 0.1) is 0 Å². The van der Waals surface area contributed by atoms with E-state index in [9.17, 15) is 4.79 Å². The molecule has 2 bridgehead atoms. The van der Waals surface area contributed by atoms with E-state index in [-0.39, 0.29) is 6.09 Å². The summed E-state index contributed by atoms with van der Waals surface area (Å²) >= 11 is 3.59. The minimum absolute atomic E-state index is 0.127. The van der Waals surface area contributed by atoms with Gasteiger partial charge in [-0.25, -0.2) is 4.79 Å². The molecule has 1 saturated heterocycles. The van der Waals surface area contributed by atoms with Gasteiger partial charge >= 0.3 is 6.09 Å². The summed E-state index contributed by atoms with van der Waals surface area (Å²) in [5, 5.41) is 1.00. The lowest BCUT2D eigenvalue weighted by molar-refractivity contribution is 0.0207. The molecule has 0 N–H and O–H groups in total. The number of carbonyl (C=O) groups excluding carboxylic acids is 1. The number of nitrogens with zero attached hydrogens (tertiary/aromatic N) is 1. The van der Waals surface area contributed by atoms with Crippen LogP contribution in [0.2, 0.25) is 0 Å². The molecule has 0 aromatic carbocycles. The molecule has 0 aromatic rings. The zero-order valence-electron chi connectivity index (χ0n) is 10.9. The molecule has 3 nitrogen and oxygen atoms in total. The molecule has 2 fully saturated rings. The number of rotatable bonds is 1. The molecule has 0 aromatic heterocycles. The first-order valence-electron chi connectivity index (χ1n) is 6.48. The maximum absolute atomic E-state index is 12.2. The summed E-state index contributed by atoms with van der Waals surface area (Å²) in [6.07, 6.45) is 3.51. The largest absolute Gasteiger partial charge is 0.444 e. The van der Waals surface area contributed by atoms with Gasteiger partial charge in [0, 0.05) is 17.9 Å². The van der Waals surface area contributed by atoms with E-state index >= 15 is 0 Å². The molecule has 1 saturated carbocycles. The molecule has 0 radical (unpaired) electrons. The van der Waals surface area contributed by atoms with Crippen molar-refractivity contribution in [3.05, 3.63) is 0 Å². The number of ether oxygens (including phenoxy) is 1. The lowest BCUT2D eigenvalue weighted by Gasteiger charge is -2.31. The van der Waals surface area contributed by atoms with Crippen LogP contribution < -0.4 is 0 Å². The van der Waals surface area contributed by atoms with Gasteiger partial charge in [0.15, 0.2) is 0 Å². The number of alkyl halides is 1. The van der Waals surface area contributed by atoms with E-state index in [2.05, 4.69) is 15.9 Å². The molecule has 4 heteroatoms. The third-order valence-corrected chi connectivity index (χ3v) is 4.56. The topological polar surface area (TPSA) is 29.5 Å². The third kappa shape index (κ3) is 2.78. The smallest absolute Gasteiger partial charge is 0.410 e. The van der Waals surface area contributed by atoms with Crippen molar-refractivity contribution >= 4 is 22.0 Å². The van der Waals surface area contributed by atoms with Crippen LogP contribution in [0.4, 0.5) is 4.79 Å². The van der Waals surface area contributed by atoms with E-state index in [0.29, 0.717) is 17.9 Å². The minimum atomic E-state index is -0.391. The summed E-state index contributed by atoms with van der Waals surface area (Å²) in [5.41, 5.74) is -0.391. The van der Waals surface area contributed by atoms with Crippen molar-refractivity contribution in [1.29, 1.82) is 0 Å². The molecule has 17 heavy (non-hydrogen) atoms. The van der Waals surface area contributed by atoms with E-state index in [1.165, 1.54) is 12.8 Å². The molecular formula is C13H22BrNO2. The lowest BCUT2D eigenvalue weighted by atomic mass is 9.81. The minimum Gasteiger partial charge on any atom is -0.444 e. The second-order valence-corrected chi connectivity index (χ2v) is 6.86. The zero-order valence-corrected chi connectivity index (χ0v) is 12.5. The fraction of sp³-hybridized carbons (Fsp3) is 0.923. The fourth-order valence-corrected chi connectivity index (χ4v) is 4.05. The third-order valence-electron chi connectivity index (χ3n) is 3.81. The number of amides is 1. The zero-order chi connectivity index (χ0) is 12.6. The molecule has 2 aliphatic rings. The summed E-state index contributed by atoms with van der Waals surface area (Å²) in [7, 11) is 0. The Balaban J connectivity index is 2.05. The number of hydrogen-bond donors (Lipinski definition) is 0. The number of carbonyl (C=O) groups is 1. The van der Waals surface area contributed by atoms with Crippen LogP contribution in [0.15, 0.2) is 0 Å². The normalized spacial score (nSPS) is 32.7. The summed E-state index contributed by atoms with van der Waals surface area (Å²) in [5.74, 6) is 1.29. The quantitative estimate of drug-likeness (QED) is 0.695. The number of hydrogen-bond acceptors (Lipinski definition) is 2. The highest BCUT2D eigenvalue weighted by molar-refractivity contribution is 9.09. The van der Waals surface area contributed by atoms with Crippen LogP contribution in [0, 0.1) is 11.8 Å². The Bertz CT molecular complexity index is 300. The maximum atomic E-state index is 12.2. The first-order chi connectivity index (χ1) is 7.92. The van der Waals surface area contributed by atoms with Gasteiger partial charge in [-0.05, 0) is 45.4 Å². The summed E-state index contributed by atoms with van der Waals surface area (Å²) in [6, 6.07) is 0.392. The molecule has 98 valence electrons. The van der Waals surface area contributed by atoms with Crippen molar-refractivity contribution in [2.75, 3.05) is 11.9 Å². The van der Waals surface area contributed by atoms with Crippen molar-refractivity contribution in [3.63, 3.8) is 0 Å². The van der Waals surface area contributed by atoms with E-state index < -0.39 is 5.60 Å². The molecule has 3 unspecified atom stereocenters. The van der Waals surface area contributed by atoms with Crippen LogP contribution in [-0.2, 0) is 4.74 Å². The molecule has 1 aliphatic heterocycles. The number of fused-ring (bicyclic) bond motifs is 2. The number of likely N-dealkylation sites (tertiary alicyclic amines) is 1. The van der Waals surface area contributed by atoms with Gasteiger partial charge in [-0.15, -0.1) is 0 Å². The van der Waals surface area contributed by atoms with Gasteiger partial charge in [0.2, 0.25) is 0 Å². The Hall–Kier alpha value is -0.250. The van der Waals surface area contributed by atoms with E-state index in [1.54, 1.807) is 0 Å². The Morgan fingerprint density at radius 2 is 2.12 bits per heavy atom. The predicted octanol–water partition coefficient (Wildman–Crippen LogP) is 3.42. The highest BCUT2D eigenvalue weighted by atomic mass is 79.9. The van der Waals surface area contributed by atoms with Crippen LogP contribution in [0.3, 0.4) is 0 Å². The van der Waals surface area contributed by atoms with Crippen LogP contribution in [-0.4, -0.2) is 34.5 Å². The van der Waals surface area contributed by atoms with Crippen molar-refractivity contribution in [2.24, 2.45) is 11.8 Å². The van der Waals surface area contributed by atoms with Gasteiger partial charge in [0.25, 0.3) is 0 Å². The molecule has 3 atom stereocenters. The van der Waals surface area contributed by atoms with Crippen LogP contribution >= 0.6 is 15.9 Å². The predicted molar refractivity (Wildman–Crippen MR) is 71.4 cm³/mol. The van der Waals surface area contributed by atoms with Crippen molar-refractivity contribution < 1.29 is 9.53 Å². The van der Waals surface area contributed by atoms with Gasteiger partial charge in [-0.3, -0.25) is 0 Å². The fourth-order valence-electron chi connectivity index (χ4n) is 3.09. The van der Waals surface area contributed by atoms with Gasteiger partial charge in [-0.2, -0.15) is 0 Å². The van der Waals surface area contributed by atoms with Gasteiger partial charge < -0.3 is 9.64 Å². The molecule has 1 amide bonds. The van der Waals surface area contributed by atoms with Crippen LogP contribution in [0.25, 0.3) is 0 Å². The second kappa shape index (κ2) is 4.79. The Morgan fingerprint density at radius 1 is 1.41 bits per heavy atom. The first-order valence-corrected chi connectivity index (χ1v) is 7.60. The van der Waals surface area contributed by atoms with Gasteiger partial charge in [0.1, 0.15) is 5.60 Å². The summed E-state index contributed by atoms with van der Waals surface area (Å²) in [6.45, 7) is 6.66. The van der Waals surface area contributed by atoms with Crippen molar-refractivity contribution in [3.8, 4) is 0 Å². The van der Waals surface area contributed by atoms with Crippen LogP contribution in [0.1, 0.15) is 40.0 Å². The van der Waals surface area contributed by atoms with E-state index in [0.717, 1.165) is 18.3 Å². The average molecular weight is 304 g/mol. The Labute approximate surface area is 112 Å².